The summed E-state index contributed by atoms with van der Waals surface area (Å²) in [6.07, 6.45) is -0.244. The van der Waals surface area contributed by atoms with Crippen LogP contribution in [-0.2, 0) is 25.7 Å². The number of benzene rings is 2. The fourth-order valence-corrected chi connectivity index (χ4v) is 4.90. The number of fused-ring (bicyclic) bond motifs is 1. The molecule has 2 aromatic carbocycles. The summed E-state index contributed by atoms with van der Waals surface area (Å²) < 4.78 is 10.6. The van der Waals surface area contributed by atoms with Crippen molar-refractivity contribution in [2.75, 3.05) is 11.9 Å². The third-order valence-electron chi connectivity index (χ3n) is 7.52. The van der Waals surface area contributed by atoms with Crippen molar-refractivity contribution in [1.29, 1.82) is 5.41 Å². The number of carbonyl (C=O) groups is 4. The second kappa shape index (κ2) is 19.0. The number of rotatable bonds is 15. The molecule has 4 amide bonds. The van der Waals surface area contributed by atoms with Gasteiger partial charge in [-0.2, -0.15) is 0 Å². The van der Waals surface area contributed by atoms with E-state index >= 15 is 0 Å². The van der Waals surface area contributed by atoms with E-state index < -0.39 is 47.6 Å². The molecule has 8 N–H and O–H groups in total. The highest BCUT2D eigenvalue weighted by atomic mass is 35.5. The number of amides is 4. The van der Waals surface area contributed by atoms with Gasteiger partial charge in [0, 0.05) is 29.8 Å². The Morgan fingerprint density at radius 3 is 2.14 bits per heavy atom. The Morgan fingerprint density at radius 2 is 1.51 bits per heavy atom. The van der Waals surface area contributed by atoms with Crippen molar-refractivity contribution in [3.8, 4) is 0 Å². The molecule has 1 aromatic heterocycles. The summed E-state index contributed by atoms with van der Waals surface area (Å²) in [5.41, 5.74) is 7.01. The fraction of sp³-hybridized carbons (Fsp3) is 0.412. The largest absolute Gasteiger partial charge is 0.445 e. The van der Waals surface area contributed by atoms with Gasteiger partial charge in [-0.15, -0.1) is 12.4 Å². The monoisotopic (exact) mass is 699 g/mol. The van der Waals surface area contributed by atoms with Crippen molar-refractivity contribution in [3.05, 3.63) is 76.1 Å². The number of halogens is 1. The first-order valence-electron chi connectivity index (χ1n) is 15.8. The molecule has 0 radical (unpaired) electrons. The zero-order chi connectivity index (χ0) is 35.4. The molecule has 49 heavy (non-hydrogen) atoms. The number of aryl methyl sites for hydroxylation is 1. The fourth-order valence-electron chi connectivity index (χ4n) is 4.90. The van der Waals surface area contributed by atoms with Crippen LogP contribution in [0.2, 0.25) is 0 Å². The topological polar surface area (TPSA) is 218 Å². The predicted octanol–water partition coefficient (Wildman–Crippen LogP) is 3.30. The van der Waals surface area contributed by atoms with Crippen LogP contribution >= 0.6 is 12.4 Å². The molecule has 0 saturated carbocycles. The molecule has 1 heterocycles. The Morgan fingerprint density at radius 1 is 0.878 bits per heavy atom. The first-order valence-corrected chi connectivity index (χ1v) is 15.8. The number of nitrogens with one attached hydrogen (secondary N) is 6. The van der Waals surface area contributed by atoms with Gasteiger partial charge in [0.2, 0.25) is 17.7 Å². The SMILES string of the molecule is Cc1cc(=O)oc2cc(NC(=O)[C@H](CCCNC(=N)N)NC(=O)[C@@H](NC(=O)[C@@H](NC(=O)OCc3ccccc3)C(C)C)C(C)C)ccc12.Cl. The molecule has 15 heteroatoms. The van der Waals surface area contributed by atoms with Gasteiger partial charge in [0.15, 0.2) is 5.96 Å². The first kappa shape index (κ1) is 40.1. The molecule has 0 aliphatic heterocycles. The van der Waals surface area contributed by atoms with Gasteiger partial charge in [0.05, 0.1) is 0 Å². The number of anilines is 1. The molecule has 14 nitrogen and oxygen atoms in total. The predicted molar refractivity (Wildman–Crippen MR) is 189 cm³/mol. The molecule has 266 valence electrons. The normalized spacial score (nSPS) is 12.6. The summed E-state index contributed by atoms with van der Waals surface area (Å²) in [5.74, 6) is -2.69. The number of hydrogen-bond acceptors (Lipinski definition) is 8. The molecule has 0 aliphatic rings. The minimum absolute atomic E-state index is 0. The number of ether oxygens (including phenoxy) is 1. The lowest BCUT2D eigenvalue weighted by Crippen LogP contribution is -2.58. The third-order valence-corrected chi connectivity index (χ3v) is 7.52. The van der Waals surface area contributed by atoms with E-state index in [-0.39, 0.29) is 49.8 Å². The van der Waals surface area contributed by atoms with Crippen LogP contribution < -0.4 is 37.9 Å². The molecule has 0 saturated heterocycles. The molecule has 3 atom stereocenters. The van der Waals surface area contributed by atoms with Crippen molar-refractivity contribution in [2.24, 2.45) is 17.6 Å². The van der Waals surface area contributed by atoms with Crippen LogP contribution in [-0.4, -0.2) is 54.4 Å². The van der Waals surface area contributed by atoms with E-state index in [1.807, 2.05) is 18.2 Å². The Labute approximate surface area is 291 Å². The maximum Gasteiger partial charge on any atom is 0.408 e. The minimum Gasteiger partial charge on any atom is -0.445 e. The second-order valence-corrected chi connectivity index (χ2v) is 12.2. The highest BCUT2D eigenvalue weighted by molar-refractivity contribution is 6.00. The van der Waals surface area contributed by atoms with E-state index in [1.165, 1.54) is 12.1 Å². The molecule has 0 aliphatic carbocycles. The van der Waals surface area contributed by atoms with Gasteiger partial charge in [0.1, 0.15) is 30.3 Å². The van der Waals surface area contributed by atoms with Crippen LogP contribution in [0.25, 0.3) is 11.0 Å². The van der Waals surface area contributed by atoms with E-state index in [4.69, 9.17) is 20.3 Å². The van der Waals surface area contributed by atoms with Crippen molar-refractivity contribution in [2.45, 2.75) is 72.2 Å². The van der Waals surface area contributed by atoms with Crippen LogP contribution in [0.4, 0.5) is 10.5 Å². The lowest BCUT2D eigenvalue weighted by molar-refractivity contribution is -0.133. The summed E-state index contributed by atoms with van der Waals surface area (Å²) in [5, 5.41) is 21.6. The van der Waals surface area contributed by atoms with Crippen molar-refractivity contribution >= 4 is 58.8 Å². The summed E-state index contributed by atoms with van der Waals surface area (Å²) >= 11 is 0. The zero-order valence-corrected chi connectivity index (χ0v) is 29.1. The van der Waals surface area contributed by atoms with E-state index in [2.05, 4.69) is 26.6 Å². The van der Waals surface area contributed by atoms with E-state index in [0.717, 1.165) is 11.1 Å². The maximum absolute atomic E-state index is 13.6. The molecule has 0 bridgehead atoms. The number of guanidine groups is 1. The molecule has 0 spiro atoms. The first-order chi connectivity index (χ1) is 22.7. The Hall–Kier alpha value is -5.11. The van der Waals surface area contributed by atoms with E-state index in [9.17, 15) is 24.0 Å². The van der Waals surface area contributed by atoms with Gasteiger partial charge >= 0.3 is 11.7 Å². The second-order valence-electron chi connectivity index (χ2n) is 12.2. The van der Waals surface area contributed by atoms with Crippen LogP contribution in [0.1, 0.15) is 51.7 Å². The molecule has 0 unspecified atom stereocenters. The quantitative estimate of drug-likeness (QED) is 0.0535. The summed E-state index contributed by atoms with van der Waals surface area (Å²) in [6, 6.07) is 12.3. The van der Waals surface area contributed by atoms with Crippen LogP contribution in [0.5, 0.6) is 0 Å². The molecule has 3 aromatic rings. The van der Waals surface area contributed by atoms with Gasteiger partial charge in [-0.3, -0.25) is 19.8 Å². The van der Waals surface area contributed by atoms with Crippen molar-refractivity contribution in [1.82, 2.24) is 21.3 Å². The van der Waals surface area contributed by atoms with Gasteiger partial charge in [-0.25, -0.2) is 9.59 Å². The highest BCUT2D eigenvalue weighted by Crippen LogP contribution is 2.21. The van der Waals surface area contributed by atoms with Gasteiger partial charge in [-0.05, 0) is 54.9 Å². The van der Waals surface area contributed by atoms with Crippen molar-refractivity contribution in [3.63, 3.8) is 0 Å². The summed E-state index contributed by atoms with van der Waals surface area (Å²) in [7, 11) is 0. The van der Waals surface area contributed by atoms with Gasteiger partial charge < -0.3 is 41.5 Å². The number of alkyl carbamates (subject to hydrolysis) is 1. The molecule has 0 fully saturated rings. The van der Waals surface area contributed by atoms with E-state index in [1.54, 1.807) is 58.9 Å². The van der Waals surface area contributed by atoms with Crippen LogP contribution in [0, 0.1) is 24.2 Å². The zero-order valence-electron chi connectivity index (χ0n) is 28.3. The molecular formula is C34H46ClN7O7. The standard InChI is InChI=1S/C34H45N7O7.ClH/c1-19(2)28(40-32(45)29(20(3)4)41-34(46)47-18-22-10-7-6-8-11-22)31(44)39-25(12-9-15-37-33(35)36)30(43)38-23-13-14-24-21(5)16-27(42)48-26(24)17-23;/h6-8,10-11,13-14,16-17,19-20,25,28-29H,9,12,15,18H2,1-5H3,(H,38,43)(H,39,44)(H,40,45)(H,41,46)(H4,35,36,37);1H/t25-,28-,29-;/m0./s1. The third kappa shape index (κ3) is 12.5. The maximum atomic E-state index is 13.6. The van der Waals surface area contributed by atoms with Crippen LogP contribution in [0.15, 0.2) is 63.8 Å². The average molecular weight is 700 g/mol. The van der Waals surface area contributed by atoms with Crippen LogP contribution in [0.3, 0.4) is 0 Å². The molecular weight excluding hydrogens is 654 g/mol. The Kier molecular flexibility index (Phi) is 15.6. The smallest absolute Gasteiger partial charge is 0.408 e. The lowest BCUT2D eigenvalue weighted by atomic mass is 9.99. The van der Waals surface area contributed by atoms with Crippen molar-refractivity contribution < 1.29 is 28.3 Å². The van der Waals surface area contributed by atoms with E-state index in [0.29, 0.717) is 23.1 Å². The lowest BCUT2D eigenvalue weighted by Gasteiger charge is -2.28. The summed E-state index contributed by atoms with van der Waals surface area (Å²) in [6.45, 7) is 9.07. The van der Waals surface area contributed by atoms with Gasteiger partial charge in [-0.1, -0.05) is 58.0 Å². The minimum atomic E-state index is -1.05. The number of nitrogens with two attached hydrogens (primary N) is 1. The number of hydrogen-bond donors (Lipinski definition) is 7. The Balaban J connectivity index is 0.00000833. The highest BCUT2D eigenvalue weighted by Gasteiger charge is 2.32. The van der Waals surface area contributed by atoms with Gasteiger partial charge in [0.25, 0.3) is 0 Å². The average Bonchev–Trinajstić information content (AvgIpc) is 3.02. The Bertz CT molecular complexity index is 1660. The summed E-state index contributed by atoms with van der Waals surface area (Å²) in [4.78, 5) is 64.9. The molecule has 3 rings (SSSR count). The number of carbonyl (C=O) groups excluding carboxylic acids is 4.